The summed E-state index contributed by atoms with van der Waals surface area (Å²) in [6.07, 6.45) is 6.03. The molecule has 2 rings (SSSR count). The van der Waals surface area contributed by atoms with Gasteiger partial charge >= 0.3 is 6.03 Å². The molecule has 6 heteroatoms. The molecule has 0 fully saturated rings. The maximum Gasteiger partial charge on any atom is 0.325 e. The van der Waals surface area contributed by atoms with E-state index in [1.165, 1.54) is 4.90 Å². The number of carbonyl (C=O) groups excluding carboxylic acids is 2. The van der Waals surface area contributed by atoms with Gasteiger partial charge in [0.05, 0.1) is 5.92 Å². The Balaban J connectivity index is 2.26. The molecule has 0 saturated heterocycles. The third kappa shape index (κ3) is 2.51. The Kier molecular flexibility index (Phi) is 3.91. The molecule has 3 amide bonds. The molecule has 98 valence electrons. The number of hydrogen-bond acceptors (Lipinski definition) is 2. The molecule has 0 spiro atoms. The number of nitrogens with one attached hydrogen (secondary N) is 1. The monoisotopic (exact) mass is 269 g/mol. The number of nitrogens with zero attached hydrogens (tertiary/aromatic N) is 1. The summed E-state index contributed by atoms with van der Waals surface area (Å²) < 4.78 is 0. The average molecular weight is 270 g/mol. The smallest absolute Gasteiger partial charge is 0.325 e. The number of carbonyl (C=O) groups is 2. The third-order valence-corrected chi connectivity index (χ3v) is 3.43. The van der Waals surface area contributed by atoms with Gasteiger partial charge < -0.3 is 11.1 Å². The first kappa shape index (κ1) is 13.0. The molecule has 1 aliphatic heterocycles. The van der Waals surface area contributed by atoms with Gasteiger partial charge in [-0.15, -0.1) is 11.6 Å². The van der Waals surface area contributed by atoms with Gasteiger partial charge in [0.1, 0.15) is 0 Å². The molecule has 0 unspecified atom stereocenters. The first-order chi connectivity index (χ1) is 8.63. The molecule has 0 aromatic rings. The fourth-order valence-corrected chi connectivity index (χ4v) is 2.51. The maximum atomic E-state index is 11.9. The van der Waals surface area contributed by atoms with Gasteiger partial charge in [-0.25, -0.2) is 4.79 Å². The van der Waals surface area contributed by atoms with E-state index in [2.05, 4.69) is 5.32 Å². The standard InChI is InChI=1S/C12H16ClN3O2/c13-5-7-16-6-4-8-2-1-3-9(11(14)17)10(8)15-12(16)18/h4,6,9H,1-3,5,7H2,(H2,14,17)(H,15,18)/t9-/m0/s1. The van der Waals surface area contributed by atoms with Gasteiger partial charge in [0.25, 0.3) is 0 Å². The lowest BCUT2D eigenvalue weighted by Gasteiger charge is -2.25. The second kappa shape index (κ2) is 5.44. The van der Waals surface area contributed by atoms with E-state index in [-0.39, 0.29) is 11.9 Å². The van der Waals surface area contributed by atoms with Crippen LogP contribution in [0.4, 0.5) is 4.79 Å². The predicted octanol–water partition coefficient (Wildman–Crippen LogP) is 1.30. The van der Waals surface area contributed by atoms with Crippen molar-refractivity contribution in [2.75, 3.05) is 12.4 Å². The molecule has 0 radical (unpaired) electrons. The Labute approximate surface area is 111 Å². The molecule has 1 aliphatic carbocycles. The van der Waals surface area contributed by atoms with E-state index in [9.17, 15) is 9.59 Å². The summed E-state index contributed by atoms with van der Waals surface area (Å²) in [6.45, 7) is 0.436. The first-order valence-corrected chi connectivity index (χ1v) is 6.51. The van der Waals surface area contributed by atoms with Crippen LogP contribution in [0.25, 0.3) is 0 Å². The molecule has 0 saturated carbocycles. The molecule has 2 aliphatic rings. The molecule has 1 heterocycles. The van der Waals surface area contributed by atoms with Gasteiger partial charge in [-0.1, -0.05) is 0 Å². The highest BCUT2D eigenvalue weighted by Crippen LogP contribution is 2.30. The molecule has 18 heavy (non-hydrogen) atoms. The van der Waals surface area contributed by atoms with Gasteiger partial charge in [-0.3, -0.25) is 9.69 Å². The number of nitrogens with two attached hydrogens (primary N) is 1. The third-order valence-electron chi connectivity index (χ3n) is 3.26. The number of hydrogen-bond donors (Lipinski definition) is 2. The van der Waals surface area contributed by atoms with E-state index in [0.717, 1.165) is 18.4 Å². The highest BCUT2D eigenvalue weighted by atomic mass is 35.5. The Hall–Kier alpha value is -1.49. The van der Waals surface area contributed by atoms with Gasteiger partial charge in [0.15, 0.2) is 0 Å². The van der Waals surface area contributed by atoms with Crippen LogP contribution in [0, 0.1) is 5.92 Å². The summed E-state index contributed by atoms with van der Waals surface area (Å²) in [6, 6.07) is -0.259. The van der Waals surface area contributed by atoms with Crippen LogP contribution in [-0.4, -0.2) is 29.3 Å². The van der Waals surface area contributed by atoms with Crippen LogP contribution in [0.3, 0.4) is 0 Å². The Morgan fingerprint density at radius 2 is 2.39 bits per heavy atom. The molecule has 3 N–H and O–H groups in total. The van der Waals surface area contributed by atoms with Gasteiger partial charge in [-0.2, -0.15) is 0 Å². The number of rotatable bonds is 3. The van der Waals surface area contributed by atoms with E-state index >= 15 is 0 Å². The lowest BCUT2D eigenvalue weighted by atomic mass is 9.86. The second-order valence-electron chi connectivity index (χ2n) is 4.41. The summed E-state index contributed by atoms with van der Waals surface area (Å²) in [5.74, 6) is -0.415. The molecule has 5 nitrogen and oxygen atoms in total. The Bertz CT molecular complexity index is 431. The summed E-state index contributed by atoms with van der Waals surface area (Å²) in [7, 11) is 0. The summed E-state index contributed by atoms with van der Waals surface area (Å²) >= 11 is 5.64. The summed E-state index contributed by atoms with van der Waals surface area (Å²) in [4.78, 5) is 24.9. The van der Waals surface area contributed by atoms with Gasteiger partial charge in [-0.05, 0) is 30.9 Å². The minimum Gasteiger partial charge on any atom is -0.369 e. The minimum atomic E-state index is -0.390. The average Bonchev–Trinajstić information content (AvgIpc) is 2.49. The molecule has 1 atom stereocenters. The SMILES string of the molecule is NC(=O)[C@H]1CCCC2=C1NC(=O)N(CCCl)C=C2. The zero-order valence-electron chi connectivity index (χ0n) is 9.99. The van der Waals surface area contributed by atoms with Crippen molar-refractivity contribution in [3.63, 3.8) is 0 Å². The van der Waals surface area contributed by atoms with Crippen molar-refractivity contribution in [2.24, 2.45) is 11.7 Å². The molecule has 0 bridgehead atoms. The van der Waals surface area contributed by atoms with E-state index in [0.29, 0.717) is 24.5 Å². The van der Waals surface area contributed by atoms with Gasteiger partial charge in [0.2, 0.25) is 5.91 Å². The Morgan fingerprint density at radius 3 is 3.06 bits per heavy atom. The number of urea groups is 1. The molecular weight excluding hydrogens is 254 g/mol. The fraction of sp³-hybridized carbons (Fsp3) is 0.500. The lowest BCUT2D eigenvalue weighted by molar-refractivity contribution is -0.121. The number of amides is 3. The maximum absolute atomic E-state index is 11.9. The number of primary amides is 1. The van der Waals surface area contributed by atoms with E-state index in [4.69, 9.17) is 17.3 Å². The van der Waals surface area contributed by atoms with Crippen molar-refractivity contribution in [1.82, 2.24) is 10.2 Å². The normalized spacial score (nSPS) is 23.5. The second-order valence-corrected chi connectivity index (χ2v) is 4.79. The quantitative estimate of drug-likeness (QED) is 0.758. The van der Waals surface area contributed by atoms with Crippen LogP contribution < -0.4 is 11.1 Å². The van der Waals surface area contributed by atoms with Crippen LogP contribution in [0.15, 0.2) is 23.5 Å². The highest BCUT2D eigenvalue weighted by molar-refractivity contribution is 6.18. The fourth-order valence-electron chi connectivity index (χ4n) is 2.33. The number of alkyl halides is 1. The van der Waals surface area contributed by atoms with Crippen LogP contribution >= 0.6 is 11.6 Å². The van der Waals surface area contributed by atoms with E-state index < -0.39 is 5.92 Å². The van der Waals surface area contributed by atoms with E-state index in [1.54, 1.807) is 6.20 Å². The van der Waals surface area contributed by atoms with Crippen LogP contribution in [0.5, 0.6) is 0 Å². The van der Waals surface area contributed by atoms with Crippen LogP contribution in [0.1, 0.15) is 19.3 Å². The lowest BCUT2D eigenvalue weighted by Crippen LogP contribution is -2.41. The molecule has 0 aromatic heterocycles. The highest BCUT2D eigenvalue weighted by Gasteiger charge is 2.30. The zero-order chi connectivity index (χ0) is 13.1. The zero-order valence-corrected chi connectivity index (χ0v) is 10.7. The summed E-state index contributed by atoms with van der Waals surface area (Å²) in [5, 5.41) is 2.79. The first-order valence-electron chi connectivity index (χ1n) is 5.97. The van der Waals surface area contributed by atoms with Gasteiger partial charge in [0, 0.05) is 24.3 Å². The summed E-state index contributed by atoms with van der Waals surface area (Å²) in [5.41, 5.74) is 7.02. The van der Waals surface area contributed by atoms with Crippen LogP contribution in [-0.2, 0) is 4.79 Å². The van der Waals surface area contributed by atoms with Crippen molar-refractivity contribution < 1.29 is 9.59 Å². The van der Waals surface area contributed by atoms with Crippen LogP contribution in [0.2, 0.25) is 0 Å². The molecular formula is C12H16ClN3O2. The van der Waals surface area contributed by atoms with Crippen molar-refractivity contribution in [1.29, 1.82) is 0 Å². The van der Waals surface area contributed by atoms with Crippen molar-refractivity contribution in [3.8, 4) is 0 Å². The number of allylic oxidation sites excluding steroid dienone is 2. The van der Waals surface area contributed by atoms with Crippen molar-refractivity contribution in [3.05, 3.63) is 23.5 Å². The topological polar surface area (TPSA) is 75.4 Å². The van der Waals surface area contributed by atoms with Crippen molar-refractivity contribution >= 4 is 23.5 Å². The van der Waals surface area contributed by atoms with Crippen molar-refractivity contribution in [2.45, 2.75) is 19.3 Å². The predicted molar refractivity (Wildman–Crippen MR) is 68.7 cm³/mol. The minimum absolute atomic E-state index is 0.259. The Morgan fingerprint density at radius 1 is 1.61 bits per heavy atom. The largest absolute Gasteiger partial charge is 0.369 e. The number of halogens is 1. The van der Waals surface area contributed by atoms with E-state index in [1.807, 2.05) is 6.08 Å². The molecule has 0 aromatic carbocycles.